The Labute approximate surface area is 146 Å². The van der Waals surface area contributed by atoms with Crippen LogP contribution in [0.25, 0.3) is 11.5 Å². The largest absolute Gasteiger partial charge is 0.379 e. The van der Waals surface area contributed by atoms with Gasteiger partial charge >= 0.3 is 0 Å². The zero-order chi connectivity index (χ0) is 17.5. The minimum Gasteiger partial charge on any atom is -0.379 e. The van der Waals surface area contributed by atoms with E-state index < -0.39 is 0 Å². The molecule has 1 aliphatic heterocycles. The van der Waals surface area contributed by atoms with Gasteiger partial charge in [-0.25, -0.2) is 0 Å². The third-order valence-corrected chi connectivity index (χ3v) is 4.00. The van der Waals surface area contributed by atoms with Gasteiger partial charge in [0, 0.05) is 30.9 Å². The molecule has 25 heavy (non-hydrogen) atoms. The Bertz CT molecular complexity index is 678. The molecule has 2 heterocycles. The van der Waals surface area contributed by atoms with Crippen molar-refractivity contribution in [3.63, 3.8) is 0 Å². The number of aryl methyl sites for hydroxylation is 1. The summed E-state index contributed by atoms with van der Waals surface area (Å²) in [4.78, 5) is 16.3. The lowest BCUT2D eigenvalue weighted by Gasteiger charge is -2.10. The summed E-state index contributed by atoms with van der Waals surface area (Å²) in [5.41, 5.74) is 1.39. The highest BCUT2D eigenvalue weighted by Gasteiger charge is 2.15. The van der Waals surface area contributed by atoms with Gasteiger partial charge in [-0.05, 0) is 50.5 Å². The zero-order valence-electron chi connectivity index (χ0n) is 14.4. The van der Waals surface area contributed by atoms with Crippen molar-refractivity contribution in [3.8, 4) is 11.5 Å². The number of ether oxygens (including phenoxy) is 2. The van der Waals surface area contributed by atoms with Crippen molar-refractivity contribution in [3.05, 3.63) is 35.7 Å². The van der Waals surface area contributed by atoms with E-state index in [0.717, 1.165) is 31.4 Å². The number of carbonyl (C=O) groups excluding carboxylic acids is 1. The lowest BCUT2D eigenvalue weighted by Crippen LogP contribution is -2.25. The second-order valence-corrected chi connectivity index (χ2v) is 6.04. The average Bonchev–Trinajstić information content (AvgIpc) is 3.29. The summed E-state index contributed by atoms with van der Waals surface area (Å²) in [6, 6.07) is 7.09. The van der Waals surface area contributed by atoms with Gasteiger partial charge in [0.15, 0.2) is 5.82 Å². The molecule has 1 aliphatic rings. The Morgan fingerprint density at radius 2 is 2.20 bits per heavy atom. The normalized spacial score (nSPS) is 16.9. The van der Waals surface area contributed by atoms with Crippen LogP contribution in [-0.4, -0.2) is 48.5 Å². The Balaban J connectivity index is 1.36. The maximum atomic E-state index is 12.1. The van der Waals surface area contributed by atoms with Gasteiger partial charge in [0.05, 0.1) is 12.7 Å². The van der Waals surface area contributed by atoms with Crippen LogP contribution in [0, 0.1) is 6.92 Å². The quantitative estimate of drug-likeness (QED) is 0.739. The minimum atomic E-state index is -0.104. The average molecular weight is 345 g/mol. The highest BCUT2D eigenvalue weighted by molar-refractivity contribution is 5.94. The van der Waals surface area contributed by atoms with E-state index in [2.05, 4.69) is 15.5 Å². The molecule has 1 saturated heterocycles. The summed E-state index contributed by atoms with van der Waals surface area (Å²) < 4.78 is 16.2. The van der Waals surface area contributed by atoms with Crippen molar-refractivity contribution in [2.45, 2.75) is 32.3 Å². The van der Waals surface area contributed by atoms with Crippen LogP contribution in [0.4, 0.5) is 0 Å². The van der Waals surface area contributed by atoms with E-state index in [1.165, 1.54) is 0 Å². The second-order valence-electron chi connectivity index (χ2n) is 6.04. The maximum absolute atomic E-state index is 12.1. The van der Waals surface area contributed by atoms with E-state index in [1.807, 2.05) is 0 Å². The minimum absolute atomic E-state index is 0.104. The molecule has 1 fully saturated rings. The fraction of sp³-hybridized carbons (Fsp3) is 0.500. The zero-order valence-corrected chi connectivity index (χ0v) is 14.4. The van der Waals surface area contributed by atoms with E-state index in [1.54, 1.807) is 31.2 Å². The summed E-state index contributed by atoms with van der Waals surface area (Å²) in [5.74, 6) is 0.929. The van der Waals surface area contributed by atoms with Crippen LogP contribution in [-0.2, 0) is 9.47 Å². The second kappa shape index (κ2) is 8.73. The monoisotopic (exact) mass is 345 g/mol. The number of hydrogen-bond donors (Lipinski definition) is 1. The summed E-state index contributed by atoms with van der Waals surface area (Å²) in [6.07, 6.45) is 3.22. The topological polar surface area (TPSA) is 86.5 Å². The lowest BCUT2D eigenvalue weighted by atomic mass is 10.1. The molecule has 0 radical (unpaired) electrons. The molecule has 7 nitrogen and oxygen atoms in total. The maximum Gasteiger partial charge on any atom is 0.257 e. The summed E-state index contributed by atoms with van der Waals surface area (Å²) in [5, 5.41) is 6.64. The van der Waals surface area contributed by atoms with Crippen LogP contribution in [0.2, 0.25) is 0 Å². The van der Waals surface area contributed by atoms with Crippen LogP contribution < -0.4 is 5.32 Å². The number of nitrogens with zero attached hydrogens (tertiary/aromatic N) is 2. The standard InChI is InChI=1S/C18H23N3O4/c1-13-20-18(25-21-13)15-7-5-14(6-8-15)17(22)19-9-3-10-23-12-16-4-2-11-24-16/h5-8,16H,2-4,9-12H2,1H3,(H,19,22). The molecule has 1 aromatic heterocycles. The number of aromatic nitrogens is 2. The first-order chi connectivity index (χ1) is 12.2. The predicted octanol–water partition coefficient (Wildman–Crippen LogP) is 2.36. The Kier molecular flexibility index (Phi) is 6.14. The van der Waals surface area contributed by atoms with Gasteiger partial charge in [0.1, 0.15) is 0 Å². The molecule has 134 valence electrons. The van der Waals surface area contributed by atoms with E-state index >= 15 is 0 Å². The SMILES string of the molecule is Cc1noc(-c2ccc(C(=O)NCCCOCC3CCCO3)cc2)n1. The van der Waals surface area contributed by atoms with Crippen molar-refractivity contribution in [2.24, 2.45) is 0 Å². The Hall–Kier alpha value is -2.25. The molecule has 0 aliphatic carbocycles. The number of benzene rings is 1. The molecule has 0 spiro atoms. The molecule has 1 atom stereocenters. The van der Waals surface area contributed by atoms with Crippen molar-refractivity contribution in [1.82, 2.24) is 15.5 Å². The molecule has 1 aromatic carbocycles. The van der Waals surface area contributed by atoms with E-state index in [0.29, 0.717) is 37.0 Å². The molecule has 2 aromatic rings. The van der Waals surface area contributed by atoms with Gasteiger partial charge in [0.25, 0.3) is 11.8 Å². The third-order valence-electron chi connectivity index (χ3n) is 4.00. The molecule has 0 bridgehead atoms. The molecule has 7 heteroatoms. The van der Waals surface area contributed by atoms with Gasteiger partial charge in [-0.3, -0.25) is 4.79 Å². The first-order valence-electron chi connectivity index (χ1n) is 8.60. The van der Waals surface area contributed by atoms with E-state index in [-0.39, 0.29) is 12.0 Å². The molecule has 1 amide bonds. The number of amides is 1. The number of nitrogens with one attached hydrogen (secondary N) is 1. The van der Waals surface area contributed by atoms with Gasteiger partial charge < -0.3 is 19.3 Å². The van der Waals surface area contributed by atoms with Gasteiger partial charge in [0.2, 0.25) is 0 Å². The predicted molar refractivity (Wildman–Crippen MR) is 91.2 cm³/mol. The summed E-state index contributed by atoms with van der Waals surface area (Å²) in [6.45, 7) is 4.45. The smallest absolute Gasteiger partial charge is 0.257 e. The Morgan fingerprint density at radius 1 is 1.36 bits per heavy atom. The first-order valence-corrected chi connectivity index (χ1v) is 8.60. The van der Waals surface area contributed by atoms with Crippen molar-refractivity contribution >= 4 is 5.91 Å². The molecular formula is C18H23N3O4. The van der Waals surface area contributed by atoms with Crippen LogP contribution in [0.3, 0.4) is 0 Å². The van der Waals surface area contributed by atoms with Gasteiger partial charge in [-0.2, -0.15) is 4.98 Å². The molecule has 3 rings (SSSR count). The summed E-state index contributed by atoms with van der Waals surface area (Å²) >= 11 is 0. The fourth-order valence-electron chi connectivity index (χ4n) is 2.65. The van der Waals surface area contributed by atoms with E-state index in [4.69, 9.17) is 14.0 Å². The lowest BCUT2D eigenvalue weighted by molar-refractivity contribution is 0.0166. The molecule has 1 N–H and O–H groups in total. The van der Waals surface area contributed by atoms with Gasteiger partial charge in [-0.15, -0.1) is 0 Å². The molecule has 1 unspecified atom stereocenters. The van der Waals surface area contributed by atoms with Crippen LogP contribution >= 0.6 is 0 Å². The van der Waals surface area contributed by atoms with Crippen molar-refractivity contribution < 1.29 is 18.8 Å². The fourth-order valence-corrected chi connectivity index (χ4v) is 2.65. The first kappa shape index (κ1) is 17.6. The number of hydrogen-bond acceptors (Lipinski definition) is 6. The van der Waals surface area contributed by atoms with Crippen molar-refractivity contribution in [2.75, 3.05) is 26.4 Å². The number of rotatable bonds is 8. The van der Waals surface area contributed by atoms with E-state index in [9.17, 15) is 4.79 Å². The van der Waals surface area contributed by atoms with Crippen LogP contribution in [0.15, 0.2) is 28.8 Å². The molecule has 0 saturated carbocycles. The highest BCUT2D eigenvalue weighted by Crippen LogP contribution is 2.17. The highest BCUT2D eigenvalue weighted by atomic mass is 16.5. The van der Waals surface area contributed by atoms with Gasteiger partial charge in [-0.1, -0.05) is 5.16 Å². The van der Waals surface area contributed by atoms with Crippen LogP contribution in [0.1, 0.15) is 35.4 Å². The molecular weight excluding hydrogens is 322 g/mol. The third kappa shape index (κ3) is 5.11. The summed E-state index contributed by atoms with van der Waals surface area (Å²) in [7, 11) is 0. The Morgan fingerprint density at radius 3 is 2.88 bits per heavy atom. The van der Waals surface area contributed by atoms with Crippen LogP contribution in [0.5, 0.6) is 0 Å². The van der Waals surface area contributed by atoms with Crippen molar-refractivity contribution in [1.29, 1.82) is 0 Å². The number of carbonyl (C=O) groups is 1.